The molecule has 4 heteroatoms. The van der Waals surface area contributed by atoms with Crippen molar-refractivity contribution in [3.8, 4) is 0 Å². The summed E-state index contributed by atoms with van der Waals surface area (Å²) in [6, 6.07) is 7.81. The van der Waals surface area contributed by atoms with E-state index in [1.165, 1.54) is 0 Å². The molecule has 0 aliphatic heterocycles. The maximum atomic E-state index is 8.52. The Morgan fingerprint density at radius 1 is 1.57 bits per heavy atom. The number of hydrogen-bond acceptors (Lipinski definition) is 3. The molecule has 0 aliphatic rings. The molecule has 0 saturated heterocycles. The Morgan fingerprint density at radius 2 is 2.29 bits per heavy atom. The normalized spacial score (nSPS) is 14.1. The van der Waals surface area contributed by atoms with Crippen LogP contribution in [0, 0.1) is 0 Å². The summed E-state index contributed by atoms with van der Waals surface area (Å²) in [7, 11) is 1.89. The Hall–Kier alpha value is -1.06. The Bertz CT molecular complexity index is 339. The lowest BCUT2D eigenvalue weighted by Gasteiger charge is -2.11. The van der Waals surface area contributed by atoms with Gasteiger partial charge in [-0.2, -0.15) is 0 Å². The topological polar surface area (TPSA) is 44.6 Å². The number of rotatable bonds is 3. The number of nitrogens with one attached hydrogen (secondary N) is 1. The van der Waals surface area contributed by atoms with Gasteiger partial charge in [0.2, 0.25) is 0 Å². The summed E-state index contributed by atoms with van der Waals surface area (Å²) in [5, 5.41) is 14.7. The van der Waals surface area contributed by atoms with Gasteiger partial charge < -0.3 is 10.5 Å². The summed E-state index contributed by atoms with van der Waals surface area (Å²) < 4.78 is 0. The van der Waals surface area contributed by atoms with Gasteiger partial charge in [0.15, 0.2) is 5.17 Å². The first-order valence-electron chi connectivity index (χ1n) is 4.34. The average molecular weight is 213 g/mol. The molecule has 1 unspecified atom stereocenters. The fraction of sp³-hybridized carbons (Fsp3) is 0.300. The van der Waals surface area contributed by atoms with Crippen LogP contribution in [0.3, 0.4) is 0 Å². The quantitative estimate of drug-likeness (QED) is 0.459. The van der Waals surface area contributed by atoms with Crippen molar-refractivity contribution >= 4 is 16.8 Å². The molecule has 1 aromatic carbocycles. The summed E-state index contributed by atoms with van der Waals surface area (Å²) >= 11 is 5.69. The average Bonchev–Trinajstić information content (AvgIpc) is 2.27. The van der Waals surface area contributed by atoms with E-state index in [-0.39, 0.29) is 11.2 Å². The zero-order valence-electron chi connectivity index (χ0n) is 8.16. The van der Waals surface area contributed by atoms with Crippen molar-refractivity contribution in [1.82, 2.24) is 5.32 Å². The highest BCUT2D eigenvalue weighted by molar-refractivity contribution is 6.69. The first-order valence-corrected chi connectivity index (χ1v) is 4.72. The summed E-state index contributed by atoms with van der Waals surface area (Å²) in [5.74, 6) is 0. The third-order valence-electron chi connectivity index (χ3n) is 2.15. The zero-order chi connectivity index (χ0) is 10.6. The number of benzene rings is 1. The molecule has 3 nitrogen and oxygen atoms in total. The van der Waals surface area contributed by atoms with Gasteiger partial charge in [0.1, 0.15) is 0 Å². The Balaban J connectivity index is 3.01. The van der Waals surface area contributed by atoms with Crippen LogP contribution in [0.25, 0.3) is 0 Å². The van der Waals surface area contributed by atoms with E-state index >= 15 is 0 Å². The molecule has 0 saturated carbocycles. The molecule has 0 radical (unpaired) electrons. The van der Waals surface area contributed by atoms with E-state index in [2.05, 4.69) is 10.5 Å². The first-order chi connectivity index (χ1) is 6.69. The van der Waals surface area contributed by atoms with Gasteiger partial charge in [-0.05, 0) is 25.6 Å². The maximum Gasteiger partial charge on any atom is 0.175 e. The third kappa shape index (κ3) is 2.47. The molecule has 0 amide bonds. The minimum Gasteiger partial charge on any atom is -0.410 e. The van der Waals surface area contributed by atoms with Crippen LogP contribution in [0.15, 0.2) is 29.4 Å². The minimum absolute atomic E-state index is 0.107. The van der Waals surface area contributed by atoms with Gasteiger partial charge in [-0.3, -0.25) is 0 Å². The summed E-state index contributed by atoms with van der Waals surface area (Å²) in [5.41, 5.74) is 1.82. The van der Waals surface area contributed by atoms with Crippen LogP contribution in [0.5, 0.6) is 0 Å². The van der Waals surface area contributed by atoms with Gasteiger partial charge in [-0.1, -0.05) is 35.0 Å². The lowest BCUT2D eigenvalue weighted by atomic mass is 10.1. The summed E-state index contributed by atoms with van der Waals surface area (Å²) in [6.45, 7) is 2.04. The van der Waals surface area contributed by atoms with Crippen molar-refractivity contribution in [3.05, 3.63) is 35.4 Å². The van der Waals surface area contributed by atoms with Gasteiger partial charge in [-0.25, -0.2) is 0 Å². The van der Waals surface area contributed by atoms with Crippen molar-refractivity contribution in [1.29, 1.82) is 0 Å². The van der Waals surface area contributed by atoms with E-state index in [9.17, 15) is 0 Å². The van der Waals surface area contributed by atoms with Crippen LogP contribution in [0.4, 0.5) is 0 Å². The Kier molecular flexibility index (Phi) is 3.92. The van der Waals surface area contributed by atoms with Crippen LogP contribution in [-0.4, -0.2) is 17.4 Å². The number of hydrogen-bond donors (Lipinski definition) is 2. The van der Waals surface area contributed by atoms with Gasteiger partial charge >= 0.3 is 0 Å². The van der Waals surface area contributed by atoms with Gasteiger partial charge in [-0.15, -0.1) is 0 Å². The van der Waals surface area contributed by atoms with Crippen molar-refractivity contribution < 1.29 is 5.21 Å². The summed E-state index contributed by atoms with van der Waals surface area (Å²) in [6.07, 6.45) is 0. The van der Waals surface area contributed by atoms with E-state index < -0.39 is 0 Å². The van der Waals surface area contributed by atoms with Crippen molar-refractivity contribution in [2.75, 3.05) is 7.05 Å². The molecule has 0 fully saturated rings. The van der Waals surface area contributed by atoms with Crippen molar-refractivity contribution in [2.45, 2.75) is 13.0 Å². The van der Waals surface area contributed by atoms with Crippen LogP contribution < -0.4 is 5.32 Å². The van der Waals surface area contributed by atoms with Crippen molar-refractivity contribution in [3.63, 3.8) is 0 Å². The molecule has 0 spiro atoms. The number of oxime groups is 1. The fourth-order valence-electron chi connectivity index (χ4n) is 1.16. The molecular formula is C10H13ClN2O. The SMILES string of the molecule is CNC(C)c1cccc(/C(Cl)=N/O)c1. The molecule has 0 heterocycles. The lowest BCUT2D eigenvalue weighted by molar-refractivity contribution is 0.321. The van der Waals surface area contributed by atoms with Crippen LogP contribution in [0.1, 0.15) is 24.1 Å². The van der Waals surface area contributed by atoms with Crippen LogP contribution in [0.2, 0.25) is 0 Å². The molecular weight excluding hydrogens is 200 g/mol. The maximum absolute atomic E-state index is 8.52. The predicted molar refractivity (Wildman–Crippen MR) is 58.1 cm³/mol. The van der Waals surface area contributed by atoms with E-state index in [1.807, 2.05) is 32.2 Å². The van der Waals surface area contributed by atoms with Crippen LogP contribution in [-0.2, 0) is 0 Å². The highest BCUT2D eigenvalue weighted by Crippen LogP contribution is 2.15. The Morgan fingerprint density at radius 3 is 2.86 bits per heavy atom. The molecule has 14 heavy (non-hydrogen) atoms. The Labute approximate surface area is 88.4 Å². The minimum atomic E-state index is 0.107. The molecule has 0 bridgehead atoms. The largest absolute Gasteiger partial charge is 0.410 e. The van der Waals surface area contributed by atoms with E-state index in [1.54, 1.807) is 6.07 Å². The molecule has 1 rings (SSSR count). The molecule has 76 valence electrons. The molecule has 0 aromatic heterocycles. The second-order valence-corrected chi connectivity index (χ2v) is 3.38. The predicted octanol–water partition coefficient (Wildman–Crippen LogP) is 2.34. The van der Waals surface area contributed by atoms with Crippen LogP contribution >= 0.6 is 11.6 Å². The summed E-state index contributed by atoms with van der Waals surface area (Å²) in [4.78, 5) is 0. The highest BCUT2D eigenvalue weighted by atomic mass is 35.5. The lowest BCUT2D eigenvalue weighted by Crippen LogP contribution is -2.12. The monoisotopic (exact) mass is 212 g/mol. The van der Waals surface area contributed by atoms with Crippen molar-refractivity contribution in [2.24, 2.45) is 5.16 Å². The van der Waals surface area contributed by atoms with Gasteiger partial charge in [0.25, 0.3) is 0 Å². The van der Waals surface area contributed by atoms with Gasteiger partial charge in [0.05, 0.1) is 0 Å². The number of halogens is 1. The molecule has 2 N–H and O–H groups in total. The smallest absolute Gasteiger partial charge is 0.175 e. The second-order valence-electron chi connectivity index (χ2n) is 3.03. The van der Waals surface area contributed by atoms with E-state index in [4.69, 9.17) is 16.8 Å². The highest BCUT2D eigenvalue weighted by Gasteiger charge is 2.05. The fourth-order valence-corrected chi connectivity index (χ4v) is 1.28. The zero-order valence-corrected chi connectivity index (χ0v) is 8.92. The van der Waals surface area contributed by atoms with E-state index in [0.717, 1.165) is 5.56 Å². The second kappa shape index (κ2) is 4.98. The molecule has 0 aliphatic carbocycles. The third-order valence-corrected chi connectivity index (χ3v) is 2.44. The number of nitrogens with zero attached hydrogens (tertiary/aromatic N) is 1. The van der Waals surface area contributed by atoms with E-state index in [0.29, 0.717) is 5.56 Å². The first kappa shape index (κ1) is 11.0. The van der Waals surface area contributed by atoms with Gasteiger partial charge in [0, 0.05) is 11.6 Å². The molecule has 1 atom stereocenters. The molecule has 1 aromatic rings. The standard InChI is InChI=1S/C10H13ClN2O/c1-7(12-2)8-4-3-5-9(6-8)10(11)13-14/h3-7,12,14H,1-2H3/b13-10-.